The summed E-state index contributed by atoms with van der Waals surface area (Å²) in [6.07, 6.45) is -2.15. The molecule has 0 saturated heterocycles. The van der Waals surface area contributed by atoms with Gasteiger partial charge in [0.2, 0.25) is 0 Å². The van der Waals surface area contributed by atoms with Crippen molar-refractivity contribution in [3.63, 3.8) is 0 Å². The van der Waals surface area contributed by atoms with Gasteiger partial charge < -0.3 is 5.32 Å². The van der Waals surface area contributed by atoms with E-state index < -0.39 is 11.7 Å². The normalized spacial score (nSPS) is 12.1. The number of hydrogen-bond donors (Lipinski definition) is 3. The minimum Gasteiger partial charge on any atom is -0.331 e. The van der Waals surface area contributed by atoms with E-state index in [1.165, 1.54) is 17.7 Å². The Hall–Kier alpha value is -3.72. The van der Waals surface area contributed by atoms with E-state index in [1.807, 2.05) is 49.4 Å². The van der Waals surface area contributed by atoms with Crippen LogP contribution in [0.5, 0.6) is 0 Å². The zero-order chi connectivity index (χ0) is 26.1. The summed E-state index contributed by atoms with van der Waals surface area (Å²) < 4.78 is 38.4. The third-order valence-corrected chi connectivity index (χ3v) is 5.52. The van der Waals surface area contributed by atoms with Crippen LogP contribution >= 0.6 is 12.2 Å². The Morgan fingerprint density at radius 2 is 1.64 bits per heavy atom. The maximum Gasteiger partial charge on any atom is 0.416 e. The van der Waals surface area contributed by atoms with E-state index in [0.29, 0.717) is 28.7 Å². The number of benzene rings is 3. The first-order chi connectivity index (χ1) is 17.2. The lowest BCUT2D eigenvalue weighted by Gasteiger charge is -2.14. The fourth-order valence-electron chi connectivity index (χ4n) is 3.41. The molecule has 0 amide bonds. The van der Waals surface area contributed by atoms with E-state index in [2.05, 4.69) is 46.3 Å². The molecule has 3 aromatic rings. The lowest BCUT2D eigenvalue weighted by atomic mass is 10.0. The molecule has 0 spiro atoms. The molecule has 0 atom stereocenters. The number of nitrogens with zero attached hydrogens (tertiary/aromatic N) is 2. The van der Waals surface area contributed by atoms with Crippen LogP contribution in [0.25, 0.3) is 0 Å². The highest BCUT2D eigenvalue weighted by Gasteiger charge is 2.30. The lowest BCUT2D eigenvalue weighted by molar-refractivity contribution is -0.137. The Kier molecular flexibility index (Phi) is 9.19. The molecule has 0 radical (unpaired) electrons. The molecule has 0 aliphatic carbocycles. The number of thiocarbonyl (C=S) groups is 1. The quantitative estimate of drug-likeness (QED) is 0.168. The summed E-state index contributed by atoms with van der Waals surface area (Å²) in [5.41, 5.74) is 10.1. The van der Waals surface area contributed by atoms with Gasteiger partial charge in [-0.1, -0.05) is 63.2 Å². The average Bonchev–Trinajstić information content (AvgIpc) is 2.85. The number of alkyl halides is 3. The average molecular weight is 512 g/mol. The molecule has 9 heteroatoms. The number of hydrazone groups is 2. The predicted octanol–water partition coefficient (Wildman–Crippen LogP) is 7.38. The molecular formula is C27H28F3N5S. The first kappa shape index (κ1) is 26.9. The van der Waals surface area contributed by atoms with Crippen LogP contribution in [-0.4, -0.2) is 17.0 Å². The van der Waals surface area contributed by atoms with Crippen LogP contribution in [0.4, 0.5) is 24.5 Å². The predicted molar refractivity (Wildman–Crippen MR) is 146 cm³/mol. The molecule has 0 aromatic heterocycles. The van der Waals surface area contributed by atoms with Gasteiger partial charge in [-0.05, 0) is 71.6 Å². The van der Waals surface area contributed by atoms with Gasteiger partial charge in [0.25, 0.3) is 0 Å². The van der Waals surface area contributed by atoms with Crippen LogP contribution in [0.3, 0.4) is 0 Å². The fraction of sp³-hybridized carbons (Fsp3) is 0.222. The van der Waals surface area contributed by atoms with E-state index in [4.69, 9.17) is 12.2 Å². The van der Waals surface area contributed by atoms with E-state index in [1.54, 1.807) is 6.21 Å². The van der Waals surface area contributed by atoms with Crippen molar-refractivity contribution in [1.82, 2.24) is 5.43 Å². The number of anilines is 2. The zero-order valence-corrected chi connectivity index (χ0v) is 21.0. The summed E-state index contributed by atoms with van der Waals surface area (Å²) in [6, 6.07) is 20.4. The lowest BCUT2D eigenvalue weighted by Crippen LogP contribution is -2.24. The monoisotopic (exact) mass is 511 g/mol. The van der Waals surface area contributed by atoms with Crippen molar-refractivity contribution in [2.24, 2.45) is 10.2 Å². The summed E-state index contributed by atoms with van der Waals surface area (Å²) in [5.74, 6) is 0.361. The van der Waals surface area contributed by atoms with Crippen molar-refractivity contribution in [3.8, 4) is 0 Å². The van der Waals surface area contributed by atoms with Gasteiger partial charge in [-0.25, -0.2) is 0 Å². The maximum atomic E-state index is 12.8. The number of halogens is 3. The van der Waals surface area contributed by atoms with Crippen LogP contribution < -0.4 is 16.2 Å². The number of hydrogen-bond acceptors (Lipinski definition) is 4. The molecule has 0 aliphatic heterocycles. The van der Waals surface area contributed by atoms with Gasteiger partial charge in [-0.3, -0.25) is 10.9 Å². The Balaban J connectivity index is 1.56. The highest BCUT2D eigenvalue weighted by molar-refractivity contribution is 7.80. The molecule has 36 heavy (non-hydrogen) atoms. The third-order valence-electron chi connectivity index (χ3n) is 5.32. The molecule has 0 saturated carbocycles. The van der Waals surface area contributed by atoms with Gasteiger partial charge in [0.1, 0.15) is 0 Å². The van der Waals surface area contributed by atoms with Crippen molar-refractivity contribution < 1.29 is 13.2 Å². The first-order valence-corrected chi connectivity index (χ1v) is 11.9. The third kappa shape index (κ3) is 7.64. The van der Waals surface area contributed by atoms with E-state index in [9.17, 15) is 13.2 Å². The van der Waals surface area contributed by atoms with Crippen molar-refractivity contribution in [3.05, 3.63) is 95.1 Å². The zero-order valence-electron chi connectivity index (χ0n) is 20.2. The Bertz CT molecular complexity index is 1220. The SMILES string of the molecule is CC/C(=N\Nc1ccc(/C=N/NC(=S)Nc2ccccc2C(C)C)cc1)c1ccc(C(F)(F)F)cc1. The van der Waals surface area contributed by atoms with Crippen molar-refractivity contribution in [2.45, 2.75) is 39.3 Å². The second kappa shape index (κ2) is 12.3. The minimum atomic E-state index is -4.36. The van der Waals surface area contributed by atoms with Crippen LogP contribution in [0, 0.1) is 0 Å². The standard InChI is InChI=1S/C27H28F3N5S/c1-4-24(20-11-13-21(14-12-20)27(28,29)30)34-33-22-15-9-19(10-16-22)17-31-35-26(36)32-25-8-6-5-7-23(25)18(2)3/h5-18,33H,4H2,1-3H3,(H2,32,35,36)/b31-17+,34-24+. The van der Waals surface area contributed by atoms with Crippen molar-refractivity contribution >= 4 is 40.6 Å². The van der Waals surface area contributed by atoms with E-state index in [0.717, 1.165) is 29.1 Å². The highest BCUT2D eigenvalue weighted by Crippen LogP contribution is 2.29. The van der Waals surface area contributed by atoms with Gasteiger partial charge in [0, 0.05) is 5.69 Å². The van der Waals surface area contributed by atoms with Gasteiger partial charge >= 0.3 is 6.18 Å². The topological polar surface area (TPSA) is 60.8 Å². The summed E-state index contributed by atoms with van der Waals surface area (Å²) >= 11 is 5.34. The Labute approximate surface area is 214 Å². The molecular weight excluding hydrogens is 483 g/mol. The van der Waals surface area contributed by atoms with Gasteiger partial charge in [0.05, 0.1) is 23.2 Å². The Morgan fingerprint density at radius 1 is 0.972 bits per heavy atom. The van der Waals surface area contributed by atoms with Crippen molar-refractivity contribution in [1.29, 1.82) is 0 Å². The van der Waals surface area contributed by atoms with Crippen LogP contribution in [0.15, 0.2) is 83.0 Å². The van der Waals surface area contributed by atoms with Crippen LogP contribution in [0.2, 0.25) is 0 Å². The highest BCUT2D eigenvalue weighted by atomic mass is 32.1. The molecule has 0 unspecified atom stereocenters. The summed E-state index contributed by atoms with van der Waals surface area (Å²) in [7, 11) is 0. The molecule has 0 heterocycles. The van der Waals surface area contributed by atoms with Gasteiger partial charge in [-0.2, -0.15) is 23.4 Å². The van der Waals surface area contributed by atoms with E-state index in [-0.39, 0.29) is 0 Å². The molecule has 0 fully saturated rings. The first-order valence-electron chi connectivity index (χ1n) is 11.5. The molecule has 0 bridgehead atoms. The largest absolute Gasteiger partial charge is 0.416 e. The summed E-state index contributed by atoms with van der Waals surface area (Å²) in [4.78, 5) is 0. The Morgan fingerprint density at radius 3 is 2.25 bits per heavy atom. The number of para-hydroxylation sites is 1. The number of rotatable bonds is 8. The summed E-state index contributed by atoms with van der Waals surface area (Å²) in [5, 5.41) is 12.1. The molecule has 0 aliphatic rings. The van der Waals surface area contributed by atoms with E-state index >= 15 is 0 Å². The van der Waals surface area contributed by atoms with Crippen LogP contribution in [0.1, 0.15) is 55.4 Å². The molecule has 3 aromatic carbocycles. The second-order valence-corrected chi connectivity index (χ2v) is 8.70. The molecule has 188 valence electrons. The maximum absolute atomic E-state index is 12.8. The van der Waals surface area contributed by atoms with Crippen LogP contribution in [-0.2, 0) is 6.18 Å². The molecule has 3 rings (SSSR count). The molecule has 3 N–H and O–H groups in total. The fourth-order valence-corrected chi connectivity index (χ4v) is 3.57. The smallest absolute Gasteiger partial charge is 0.331 e. The second-order valence-electron chi connectivity index (χ2n) is 8.29. The molecule has 5 nitrogen and oxygen atoms in total. The minimum absolute atomic E-state index is 0.361. The van der Waals surface area contributed by atoms with Gasteiger partial charge in [-0.15, -0.1) is 0 Å². The van der Waals surface area contributed by atoms with Gasteiger partial charge in [0.15, 0.2) is 5.11 Å². The summed E-state index contributed by atoms with van der Waals surface area (Å²) in [6.45, 7) is 6.14. The van der Waals surface area contributed by atoms with Crippen molar-refractivity contribution in [2.75, 3.05) is 10.7 Å². The number of nitrogens with one attached hydrogen (secondary N) is 3.